The first-order valence-corrected chi connectivity index (χ1v) is 5.87. The second-order valence-corrected chi connectivity index (χ2v) is 4.17. The Morgan fingerprint density at radius 1 is 1.11 bits per heavy atom. The highest BCUT2D eigenvalue weighted by atomic mass is 16.5. The number of ether oxygens (including phenoxy) is 1. The monoisotopic (exact) mass is 258 g/mol. The number of para-hydroxylation sites is 2. The molecule has 0 aliphatic carbocycles. The van der Waals surface area contributed by atoms with Gasteiger partial charge in [0.2, 0.25) is 0 Å². The van der Waals surface area contributed by atoms with Crippen LogP contribution in [0, 0.1) is 0 Å². The van der Waals surface area contributed by atoms with E-state index in [1.54, 1.807) is 30.3 Å². The molecule has 2 N–H and O–H groups in total. The molecule has 19 heavy (non-hydrogen) atoms. The van der Waals surface area contributed by atoms with Crippen LogP contribution in [-0.4, -0.2) is 16.2 Å². The van der Waals surface area contributed by atoms with Gasteiger partial charge >= 0.3 is 5.97 Å². The molecule has 4 nitrogen and oxygen atoms in total. The number of phenols is 1. The predicted octanol–water partition coefficient (Wildman–Crippen LogP) is 3.37. The van der Waals surface area contributed by atoms with Crippen LogP contribution >= 0.6 is 0 Å². The van der Waals surface area contributed by atoms with E-state index in [0.717, 1.165) is 0 Å². The van der Waals surface area contributed by atoms with E-state index in [0.29, 0.717) is 11.3 Å². The molecule has 0 radical (unpaired) electrons. The van der Waals surface area contributed by atoms with Gasteiger partial charge in [-0.15, -0.1) is 0 Å². The summed E-state index contributed by atoms with van der Waals surface area (Å²) in [5, 5.41) is 19.1. The third kappa shape index (κ3) is 2.85. The number of benzene rings is 2. The number of carboxylic acids is 1. The Balaban J connectivity index is 2.33. The standard InChI is InChI=1S/C15H14O4/c1-10(15(17)18)12-8-5-9-13(14(12)16)19-11-6-3-2-4-7-11/h2-10,16H,1H3,(H,17,18)/t10-/m0/s1. The maximum atomic E-state index is 11.0. The minimum absolute atomic E-state index is 0.138. The molecule has 0 aromatic heterocycles. The van der Waals surface area contributed by atoms with Crippen molar-refractivity contribution in [3.63, 3.8) is 0 Å². The third-order valence-electron chi connectivity index (χ3n) is 2.84. The molecule has 0 heterocycles. The summed E-state index contributed by atoms with van der Waals surface area (Å²) in [5.74, 6) is -1.09. The Kier molecular flexibility index (Phi) is 3.71. The number of hydrogen-bond donors (Lipinski definition) is 2. The van der Waals surface area contributed by atoms with E-state index < -0.39 is 11.9 Å². The fourth-order valence-electron chi connectivity index (χ4n) is 1.72. The highest BCUT2D eigenvalue weighted by molar-refractivity contribution is 5.77. The number of phenolic OH excluding ortho intramolecular Hbond substituents is 1. The second-order valence-electron chi connectivity index (χ2n) is 4.17. The highest BCUT2D eigenvalue weighted by Gasteiger charge is 2.20. The summed E-state index contributed by atoms with van der Waals surface area (Å²) in [6, 6.07) is 13.8. The van der Waals surface area contributed by atoms with Gasteiger partial charge in [-0.1, -0.05) is 30.3 Å². The molecule has 0 fully saturated rings. The Hall–Kier alpha value is -2.49. The minimum Gasteiger partial charge on any atom is -0.504 e. The SMILES string of the molecule is C[C@H](C(=O)O)c1cccc(Oc2ccccc2)c1O. The molecule has 0 aliphatic heterocycles. The molecule has 0 saturated carbocycles. The molecule has 2 aromatic carbocycles. The molecular formula is C15H14O4. The van der Waals surface area contributed by atoms with Crippen LogP contribution in [0.4, 0.5) is 0 Å². The molecule has 1 atom stereocenters. The van der Waals surface area contributed by atoms with Gasteiger partial charge in [0.15, 0.2) is 11.5 Å². The first-order valence-electron chi connectivity index (χ1n) is 5.87. The molecular weight excluding hydrogens is 244 g/mol. The van der Waals surface area contributed by atoms with E-state index in [9.17, 15) is 9.90 Å². The summed E-state index contributed by atoms with van der Waals surface area (Å²) in [4.78, 5) is 11.0. The van der Waals surface area contributed by atoms with Crippen LogP contribution in [0.15, 0.2) is 48.5 Å². The van der Waals surface area contributed by atoms with E-state index in [1.807, 2.05) is 18.2 Å². The zero-order chi connectivity index (χ0) is 13.8. The van der Waals surface area contributed by atoms with E-state index in [-0.39, 0.29) is 11.5 Å². The Morgan fingerprint density at radius 2 is 1.79 bits per heavy atom. The van der Waals surface area contributed by atoms with Crippen molar-refractivity contribution in [2.75, 3.05) is 0 Å². The fraction of sp³-hybridized carbons (Fsp3) is 0.133. The van der Waals surface area contributed by atoms with Crippen LogP contribution in [0.25, 0.3) is 0 Å². The lowest BCUT2D eigenvalue weighted by Crippen LogP contribution is -2.07. The van der Waals surface area contributed by atoms with E-state index >= 15 is 0 Å². The van der Waals surface area contributed by atoms with Crippen molar-refractivity contribution < 1.29 is 19.7 Å². The number of rotatable bonds is 4. The third-order valence-corrected chi connectivity index (χ3v) is 2.84. The van der Waals surface area contributed by atoms with Gasteiger partial charge in [-0.2, -0.15) is 0 Å². The average Bonchev–Trinajstić information content (AvgIpc) is 2.41. The summed E-state index contributed by atoms with van der Waals surface area (Å²) in [6.07, 6.45) is 0. The molecule has 0 amide bonds. The lowest BCUT2D eigenvalue weighted by Gasteiger charge is -2.13. The van der Waals surface area contributed by atoms with Crippen molar-refractivity contribution in [2.45, 2.75) is 12.8 Å². The fourth-order valence-corrected chi connectivity index (χ4v) is 1.72. The lowest BCUT2D eigenvalue weighted by atomic mass is 10.00. The van der Waals surface area contributed by atoms with E-state index in [4.69, 9.17) is 9.84 Å². The zero-order valence-corrected chi connectivity index (χ0v) is 10.4. The van der Waals surface area contributed by atoms with Crippen LogP contribution in [-0.2, 0) is 4.79 Å². The minimum atomic E-state index is -0.993. The summed E-state index contributed by atoms with van der Waals surface area (Å²) >= 11 is 0. The van der Waals surface area contributed by atoms with Crippen LogP contribution in [0.1, 0.15) is 18.4 Å². The molecule has 0 unspecified atom stereocenters. The highest BCUT2D eigenvalue weighted by Crippen LogP contribution is 2.36. The molecule has 0 saturated heterocycles. The largest absolute Gasteiger partial charge is 0.504 e. The maximum absolute atomic E-state index is 11.0. The normalized spacial score (nSPS) is 11.8. The quantitative estimate of drug-likeness (QED) is 0.882. The molecule has 2 aromatic rings. The number of carbonyl (C=O) groups is 1. The average molecular weight is 258 g/mol. The molecule has 0 spiro atoms. The van der Waals surface area contributed by atoms with E-state index in [1.165, 1.54) is 6.92 Å². The van der Waals surface area contributed by atoms with E-state index in [2.05, 4.69) is 0 Å². The van der Waals surface area contributed by atoms with Gasteiger partial charge in [0, 0.05) is 5.56 Å². The molecule has 0 bridgehead atoms. The van der Waals surface area contributed by atoms with Crippen molar-refractivity contribution in [3.05, 3.63) is 54.1 Å². The number of aromatic hydroxyl groups is 1. The van der Waals surface area contributed by atoms with Crippen LogP contribution in [0.2, 0.25) is 0 Å². The van der Waals surface area contributed by atoms with Crippen LogP contribution in [0.3, 0.4) is 0 Å². The van der Waals surface area contributed by atoms with Gasteiger partial charge in [0.25, 0.3) is 0 Å². The molecule has 2 rings (SSSR count). The lowest BCUT2D eigenvalue weighted by molar-refractivity contribution is -0.138. The summed E-state index contributed by atoms with van der Waals surface area (Å²) < 4.78 is 5.54. The number of carboxylic acid groups (broad SMARTS) is 1. The predicted molar refractivity (Wildman–Crippen MR) is 70.7 cm³/mol. The second kappa shape index (κ2) is 5.44. The maximum Gasteiger partial charge on any atom is 0.310 e. The Labute approximate surface area is 110 Å². The van der Waals surface area contributed by atoms with Gasteiger partial charge in [0.05, 0.1) is 5.92 Å². The van der Waals surface area contributed by atoms with Gasteiger partial charge in [-0.3, -0.25) is 4.79 Å². The smallest absolute Gasteiger partial charge is 0.310 e. The van der Waals surface area contributed by atoms with Crippen LogP contribution in [0.5, 0.6) is 17.2 Å². The molecule has 4 heteroatoms. The number of aliphatic carboxylic acids is 1. The van der Waals surface area contributed by atoms with Gasteiger partial charge in [-0.25, -0.2) is 0 Å². The van der Waals surface area contributed by atoms with Gasteiger partial charge < -0.3 is 14.9 Å². The first kappa shape index (κ1) is 13.0. The molecule has 0 aliphatic rings. The topological polar surface area (TPSA) is 66.8 Å². The first-order chi connectivity index (χ1) is 9.09. The van der Waals surface area contributed by atoms with Crippen LogP contribution < -0.4 is 4.74 Å². The van der Waals surface area contributed by atoms with Gasteiger partial charge in [0.1, 0.15) is 5.75 Å². The summed E-state index contributed by atoms with van der Waals surface area (Å²) in [5.41, 5.74) is 0.334. The Morgan fingerprint density at radius 3 is 2.42 bits per heavy atom. The summed E-state index contributed by atoms with van der Waals surface area (Å²) in [7, 11) is 0. The Bertz CT molecular complexity index is 578. The summed E-state index contributed by atoms with van der Waals surface area (Å²) in [6.45, 7) is 1.52. The van der Waals surface area contributed by atoms with Crippen molar-refractivity contribution in [1.82, 2.24) is 0 Å². The zero-order valence-electron chi connectivity index (χ0n) is 10.4. The number of hydrogen-bond acceptors (Lipinski definition) is 3. The molecule has 98 valence electrons. The van der Waals surface area contributed by atoms with Crippen molar-refractivity contribution in [2.24, 2.45) is 0 Å². The van der Waals surface area contributed by atoms with Crippen molar-refractivity contribution in [3.8, 4) is 17.2 Å². The van der Waals surface area contributed by atoms with Crippen molar-refractivity contribution >= 4 is 5.97 Å². The van der Waals surface area contributed by atoms with Crippen molar-refractivity contribution in [1.29, 1.82) is 0 Å². The van der Waals surface area contributed by atoms with Gasteiger partial charge in [-0.05, 0) is 25.1 Å².